The van der Waals surface area contributed by atoms with Crippen LogP contribution in [0.2, 0.25) is 0 Å². The monoisotopic (exact) mass is 201 g/mol. The highest BCUT2D eigenvalue weighted by Gasteiger charge is 2.03. The number of hydrogen-bond donors (Lipinski definition) is 1. The van der Waals surface area contributed by atoms with Gasteiger partial charge in [0.05, 0.1) is 11.9 Å². The van der Waals surface area contributed by atoms with E-state index in [2.05, 4.69) is 5.10 Å². The first-order valence-corrected chi connectivity index (χ1v) is 4.63. The minimum atomic E-state index is 0.478. The highest BCUT2D eigenvalue weighted by molar-refractivity contribution is 5.73. The molecule has 0 fully saturated rings. The molecule has 1 aromatic heterocycles. The molecule has 76 valence electrons. The summed E-state index contributed by atoms with van der Waals surface area (Å²) in [6.45, 7) is 0.478. The number of carbonyl (C=O) groups is 1. The summed E-state index contributed by atoms with van der Waals surface area (Å²) in [5.41, 5.74) is 7.94. The Morgan fingerprint density at radius 3 is 3.00 bits per heavy atom. The van der Waals surface area contributed by atoms with Crippen molar-refractivity contribution in [1.82, 2.24) is 9.78 Å². The van der Waals surface area contributed by atoms with E-state index in [-0.39, 0.29) is 0 Å². The third-order valence-corrected chi connectivity index (χ3v) is 2.18. The van der Waals surface area contributed by atoms with Gasteiger partial charge in [-0.15, -0.1) is 0 Å². The number of aldehydes is 1. The van der Waals surface area contributed by atoms with E-state index in [1.54, 1.807) is 16.9 Å². The van der Waals surface area contributed by atoms with Gasteiger partial charge in [-0.25, -0.2) is 4.68 Å². The Bertz CT molecular complexity index is 476. The Balaban J connectivity index is 2.48. The lowest BCUT2D eigenvalue weighted by Crippen LogP contribution is -2.03. The molecule has 0 aliphatic carbocycles. The third kappa shape index (κ3) is 1.80. The molecule has 2 aromatic rings. The van der Waals surface area contributed by atoms with E-state index >= 15 is 0 Å². The molecular weight excluding hydrogens is 190 g/mol. The topological polar surface area (TPSA) is 60.9 Å². The predicted molar refractivity (Wildman–Crippen MR) is 56.8 cm³/mol. The molecule has 0 atom stereocenters. The zero-order valence-corrected chi connectivity index (χ0v) is 8.13. The fourth-order valence-electron chi connectivity index (χ4n) is 1.43. The molecule has 0 aliphatic rings. The van der Waals surface area contributed by atoms with Gasteiger partial charge < -0.3 is 5.73 Å². The third-order valence-electron chi connectivity index (χ3n) is 2.18. The van der Waals surface area contributed by atoms with Gasteiger partial charge in [-0.2, -0.15) is 5.10 Å². The molecule has 0 radical (unpaired) electrons. The molecule has 0 amide bonds. The molecule has 0 saturated carbocycles. The van der Waals surface area contributed by atoms with Crippen molar-refractivity contribution in [2.45, 2.75) is 6.54 Å². The lowest BCUT2D eigenvalue weighted by Gasteiger charge is -2.05. The Labute approximate surface area is 87.3 Å². The van der Waals surface area contributed by atoms with Crippen LogP contribution in [-0.2, 0) is 6.54 Å². The zero-order valence-electron chi connectivity index (χ0n) is 8.13. The van der Waals surface area contributed by atoms with Gasteiger partial charge in [0.2, 0.25) is 0 Å². The second-order valence-electron chi connectivity index (χ2n) is 3.16. The zero-order chi connectivity index (χ0) is 10.7. The summed E-state index contributed by atoms with van der Waals surface area (Å²) in [7, 11) is 0. The van der Waals surface area contributed by atoms with Crippen LogP contribution in [0.15, 0.2) is 36.5 Å². The molecule has 2 rings (SSSR count). The standard InChI is InChI=1S/C11H11N3O/c12-7-9-2-1-3-10(6-9)14-11(8-15)4-5-13-14/h1-6,8H,7,12H2. The van der Waals surface area contributed by atoms with Gasteiger partial charge in [0, 0.05) is 6.54 Å². The number of carbonyl (C=O) groups excluding carboxylic acids is 1. The van der Waals surface area contributed by atoms with E-state index in [9.17, 15) is 4.79 Å². The van der Waals surface area contributed by atoms with Gasteiger partial charge in [-0.05, 0) is 23.8 Å². The van der Waals surface area contributed by atoms with Crippen LogP contribution in [0.4, 0.5) is 0 Å². The molecule has 4 nitrogen and oxygen atoms in total. The second kappa shape index (κ2) is 4.06. The number of nitrogens with zero attached hydrogens (tertiary/aromatic N) is 2. The quantitative estimate of drug-likeness (QED) is 0.757. The molecule has 0 bridgehead atoms. The molecule has 1 aromatic carbocycles. The Morgan fingerprint density at radius 1 is 1.40 bits per heavy atom. The van der Waals surface area contributed by atoms with Crippen molar-refractivity contribution in [3.05, 3.63) is 47.8 Å². The lowest BCUT2D eigenvalue weighted by atomic mass is 10.2. The van der Waals surface area contributed by atoms with Crippen LogP contribution in [0, 0.1) is 0 Å². The highest BCUT2D eigenvalue weighted by Crippen LogP contribution is 2.11. The number of aromatic nitrogens is 2. The van der Waals surface area contributed by atoms with Crippen molar-refractivity contribution in [3.8, 4) is 5.69 Å². The average molecular weight is 201 g/mol. The van der Waals surface area contributed by atoms with E-state index in [0.717, 1.165) is 17.5 Å². The maximum Gasteiger partial charge on any atom is 0.168 e. The van der Waals surface area contributed by atoms with Crippen LogP contribution in [0.25, 0.3) is 5.69 Å². The molecule has 1 heterocycles. The Hall–Kier alpha value is -1.94. The highest BCUT2D eigenvalue weighted by atomic mass is 16.1. The molecule has 0 unspecified atom stereocenters. The van der Waals surface area contributed by atoms with Gasteiger partial charge in [-0.1, -0.05) is 12.1 Å². The van der Waals surface area contributed by atoms with Crippen molar-refractivity contribution in [2.75, 3.05) is 0 Å². The summed E-state index contributed by atoms with van der Waals surface area (Å²) in [6.07, 6.45) is 2.38. The predicted octanol–water partition coefficient (Wildman–Crippen LogP) is 1.14. The lowest BCUT2D eigenvalue weighted by molar-refractivity contribution is 0.111. The van der Waals surface area contributed by atoms with E-state index in [0.29, 0.717) is 12.2 Å². The SMILES string of the molecule is NCc1cccc(-n2nccc2C=O)c1. The number of hydrogen-bond acceptors (Lipinski definition) is 3. The maximum atomic E-state index is 10.7. The van der Waals surface area contributed by atoms with Gasteiger partial charge in [0.1, 0.15) is 5.69 Å². The molecule has 2 N–H and O–H groups in total. The van der Waals surface area contributed by atoms with Gasteiger partial charge in [-0.3, -0.25) is 4.79 Å². The van der Waals surface area contributed by atoms with Crippen LogP contribution in [-0.4, -0.2) is 16.1 Å². The van der Waals surface area contributed by atoms with E-state index in [1.807, 2.05) is 24.3 Å². The fourth-order valence-corrected chi connectivity index (χ4v) is 1.43. The largest absolute Gasteiger partial charge is 0.326 e. The van der Waals surface area contributed by atoms with Crippen molar-refractivity contribution >= 4 is 6.29 Å². The van der Waals surface area contributed by atoms with Crippen molar-refractivity contribution in [2.24, 2.45) is 5.73 Å². The molecule has 0 saturated heterocycles. The summed E-state index contributed by atoms with van der Waals surface area (Å²) in [4.78, 5) is 10.7. The smallest absolute Gasteiger partial charge is 0.168 e. The summed E-state index contributed by atoms with van der Waals surface area (Å²) >= 11 is 0. The first-order valence-electron chi connectivity index (χ1n) is 4.63. The number of rotatable bonds is 3. The van der Waals surface area contributed by atoms with Crippen molar-refractivity contribution < 1.29 is 4.79 Å². The molecule has 15 heavy (non-hydrogen) atoms. The summed E-state index contributed by atoms with van der Waals surface area (Å²) in [5, 5.41) is 4.08. The second-order valence-corrected chi connectivity index (χ2v) is 3.16. The van der Waals surface area contributed by atoms with E-state index < -0.39 is 0 Å². The van der Waals surface area contributed by atoms with Crippen LogP contribution >= 0.6 is 0 Å². The van der Waals surface area contributed by atoms with Gasteiger partial charge in [0.15, 0.2) is 6.29 Å². The molecule has 0 aliphatic heterocycles. The Morgan fingerprint density at radius 2 is 2.27 bits per heavy atom. The maximum absolute atomic E-state index is 10.7. The summed E-state index contributed by atoms with van der Waals surface area (Å²) in [5.74, 6) is 0. The molecule has 4 heteroatoms. The Kier molecular flexibility index (Phi) is 2.60. The number of benzene rings is 1. The van der Waals surface area contributed by atoms with Crippen molar-refractivity contribution in [1.29, 1.82) is 0 Å². The molecular formula is C11H11N3O. The van der Waals surface area contributed by atoms with Gasteiger partial charge in [0.25, 0.3) is 0 Å². The minimum Gasteiger partial charge on any atom is -0.326 e. The summed E-state index contributed by atoms with van der Waals surface area (Å²) < 4.78 is 1.59. The van der Waals surface area contributed by atoms with Crippen LogP contribution < -0.4 is 5.73 Å². The molecule has 0 spiro atoms. The van der Waals surface area contributed by atoms with Crippen LogP contribution in [0.1, 0.15) is 16.1 Å². The normalized spacial score (nSPS) is 10.2. The minimum absolute atomic E-state index is 0.478. The number of nitrogens with two attached hydrogens (primary N) is 1. The van der Waals surface area contributed by atoms with Crippen LogP contribution in [0.3, 0.4) is 0 Å². The van der Waals surface area contributed by atoms with Crippen molar-refractivity contribution in [3.63, 3.8) is 0 Å². The van der Waals surface area contributed by atoms with E-state index in [1.165, 1.54) is 0 Å². The van der Waals surface area contributed by atoms with Gasteiger partial charge >= 0.3 is 0 Å². The first-order chi connectivity index (χ1) is 7.35. The average Bonchev–Trinajstić information content (AvgIpc) is 2.77. The fraction of sp³-hybridized carbons (Fsp3) is 0.0909. The van der Waals surface area contributed by atoms with E-state index in [4.69, 9.17) is 5.73 Å². The summed E-state index contributed by atoms with van der Waals surface area (Å²) in [6, 6.07) is 9.31. The van der Waals surface area contributed by atoms with Crippen LogP contribution in [0.5, 0.6) is 0 Å². The first kappa shape index (κ1) is 9.61.